The van der Waals surface area contributed by atoms with Crippen LogP contribution in [0.3, 0.4) is 0 Å². The predicted molar refractivity (Wildman–Crippen MR) is 109 cm³/mol. The molecule has 4 aliphatic carbocycles. The summed E-state index contributed by atoms with van der Waals surface area (Å²) in [6, 6.07) is 7.65. The number of hydrogen-bond acceptors (Lipinski definition) is 4. The van der Waals surface area contributed by atoms with Crippen LogP contribution in [0.15, 0.2) is 24.3 Å². The summed E-state index contributed by atoms with van der Waals surface area (Å²) in [6.45, 7) is 1.31. The van der Waals surface area contributed by atoms with Crippen molar-refractivity contribution in [3.8, 4) is 5.75 Å². The zero-order chi connectivity index (χ0) is 17.9. The van der Waals surface area contributed by atoms with Gasteiger partial charge in [-0.25, -0.2) is 4.79 Å². The molecule has 4 aliphatic rings. The third-order valence-corrected chi connectivity index (χ3v) is 6.61. The van der Waals surface area contributed by atoms with Crippen molar-refractivity contribution >= 4 is 30.0 Å². The maximum atomic E-state index is 11.8. The van der Waals surface area contributed by atoms with Gasteiger partial charge in [0.05, 0.1) is 6.61 Å². The van der Waals surface area contributed by atoms with Crippen LogP contribution in [-0.2, 0) is 9.53 Å². The summed E-state index contributed by atoms with van der Waals surface area (Å²) >= 11 is 5.82. The monoisotopic (exact) mass is 413 g/mol. The number of hydrogen-bond donors (Lipinski definition) is 1. The molecule has 1 N–H and O–H groups in total. The summed E-state index contributed by atoms with van der Waals surface area (Å²) in [5.41, 5.74) is 0. The van der Waals surface area contributed by atoms with Crippen LogP contribution in [0.1, 0.15) is 38.5 Å². The molecule has 0 atom stereocenters. The molecule has 0 unspecified atom stereocenters. The number of carbonyl (C=O) groups is 1. The van der Waals surface area contributed by atoms with Crippen molar-refractivity contribution in [2.45, 2.75) is 44.6 Å². The fraction of sp³-hybridized carbons (Fsp3) is 0.667. The maximum Gasteiger partial charge on any atom is 0.344 e. The topological polar surface area (TPSA) is 47.6 Å². The molecule has 4 saturated carbocycles. The van der Waals surface area contributed by atoms with Crippen molar-refractivity contribution in [3.05, 3.63) is 29.3 Å². The summed E-state index contributed by atoms with van der Waals surface area (Å²) in [5.74, 6) is 4.10. The SMILES string of the molecule is Cl.O=C(COc1ccc(Cl)cc1)OCCCNC1C2CC3CC(C2)CC1C3. The van der Waals surface area contributed by atoms with Gasteiger partial charge in [0.2, 0.25) is 0 Å². The molecule has 4 bridgehead atoms. The number of carbonyl (C=O) groups excluding carboxylic acids is 1. The van der Waals surface area contributed by atoms with Gasteiger partial charge in [0, 0.05) is 11.1 Å². The Kier molecular flexibility index (Phi) is 7.29. The fourth-order valence-electron chi connectivity index (χ4n) is 5.50. The molecule has 6 heteroatoms. The lowest BCUT2D eigenvalue weighted by atomic mass is 9.54. The van der Waals surface area contributed by atoms with Crippen LogP contribution in [-0.4, -0.2) is 31.8 Å². The Morgan fingerprint density at radius 3 is 2.30 bits per heavy atom. The van der Waals surface area contributed by atoms with Crippen molar-refractivity contribution < 1.29 is 14.3 Å². The summed E-state index contributed by atoms with van der Waals surface area (Å²) in [7, 11) is 0. The highest BCUT2D eigenvalue weighted by molar-refractivity contribution is 6.30. The zero-order valence-electron chi connectivity index (χ0n) is 15.6. The Hall–Kier alpha value is -0.970. The number of benzene rings is 1. The van der Waals surface area contributed by atoms with Crippen molar-refractivity contribution in [1.29, 1.82) is 0 Å². The highest BCUT2D eigenvalue weighted by Gasteiger charge is 2.47. The molecule has 27 heavy (non-hydrogen) atoms. The largest absolute Gasteiger partial charge is 0.482 e. The first-order valence-electron chi connectivity index (χ1n) is 9.95. The zero-order valence-corrected chi connectivity index (χ0v) is 17.1. The predicted octanol–water partition coefficient (Wildman–Crippen LogP) is 4.49. The summed E-state index contributed by atoms with van der Waals surface area (Å²) in [4.78, 5) is 11.8. The Balaban J connectivity index is 0.00000210. The van der Waals surface area contributed by atoms with E-state index in [4.69, 9.17) is 21.1 Å². The van der Waals surface area contributed by atoms with Crippen LogP contribution >= 0.6 is 24.0 Å². The number of ether oxygens (including phenoxy) is 2. The van der Waals surface area contributed by atoms with E-state index in [2.05, 4.69) is 5.32 Å². The average molecular weight is 414 g/mol. The van der Waals surface area contributed by atoms with Gasteiger partial charge in [-0.05, 0) is 93.0 Å². The van der Waals surface area contributed by atoms with Crippen molar-refractivity contribution in [2.75, 3.05) is 19.8 Å². The standard InChI is InChI=1S/C21H28ClNO3.ClH/c22-18-2-4-19(5-3-18)26-13-20(24)25-7-1-6-23-21-16-9-14-8-15(11-16)12-17(21)10-14;/h2-5,14-17,21,23H,1,6-13H2;1H. The normalized spacial score (nSPS) is 30.6. The second-order valence-electron chi connectivity index (χ2n) is 8.23. The minimum Gasteiger partial charge on any atom is -0.482 e. The van der Waals surface area contributed by atoms with E-state index < -0.39 is 0 Å². The Labute approximate surface area is 172 Å². The van der Waals surface area contributed by atoms with Gasteiger partial charge in [-0.15, -0.1) is 12.4 Å². The smallest absolute Gasteiger partial charge is 0.344 e. The van der Waals surface area contributed by atoms with Crippen molar-refractivity contribution in [1.82, 2.24) is 5.32 Å². The Morgan fingerprint density at radius 2 is 1.67 bits per heavy atom. The molecule has 4 nitrogen and oxygen atoms in total. The minimum atomic E-state index is -0.324. The molecule has 0 saturated heterocycles. The lowest BCUT2D eigenvalue weighted by Gasteiger charge is -2.54. The van der Waals surface area contributed by atoms with E-state index in [1.54, 1.807) is 24.3 Å². The Bertz CT molecular complexity index is 594. The van der Waals surface area contributed by atoms with Crippen LogP contribution in [0.5, 0.6) is 5.75 Å². The lowest BCUT2D eigenvalue weighted by Crippen LogP contribution is -2.54. The van der Waals surface area contributed by atoms with Gasteiger partial charge in [0.15, 0.2) is 6.61 Å². The van der Waals surface area contributed by atoms with E-state index in [9.17, 15) is 4.79 Å². The molecule has 1 aromatic rings. The molecule has 4 fully saturated rings. The molecular weight excluding hydrogens is 385 g/mol. The lowest BCUT2D eigenvalue weighted by molar-refractivity contribution is -0.146. The minimum absolute atomic E-state index is 0. The molecule has 0 spiro atoms. The van der Waals surface area contributed by atoms with Crippen LogP contribution in [0.2, 0.25) is 5.02 Å². The molecular formula is C21H29Cl2NO3. The van der Waals surface area contributed by atoms with Crippen LogP contribution < -0.4 is 10.1 Å². The van der Waals surface area contributed by atoms with E-state index in [-0.39, 0.29) is 25.0 Å². The molecule has 0 heterocycles. The van der Waals surface area contributed by atoms with Crippen LogP contribution in [0.4, 0.5) is 0 Å². The highest BCUT2D eigenvalue weighted by atomic mass is 35.5. The first kappa shape index (κ1) is 20.8. The Morgan fingerprint density at radius 1 is 1.04 bits per heavy atom. The van der Waals surface area contributed by atoms with Gasteiger partial charge in [0.25, 0.3) is 0 Å². The van der Waals surface area contributed by atoms with Gasteiger partial charge in [0.1, 0.15) is 5.75 Å². The van der Waals surface area contributed by atoms with E-state index in [0.29, 0.717) is 23.4 Å². The molecule has 1 aromatic carbocycles. The molecule has 0 amide bonds. The van der Waals surface area contributed by atoms with Gasteiger partial charge < -0.3 is 14.8 Å². The van der Waals surface area contributed by atoms with Crippen LogP contribution in [0.25, 0.3) is 0 Å². The van der Waals surface area contributed by atoms with E-state index in [1.165, 1.54) is 32.1 Å². The third-order valence-electron chi connectivity index (χ3n) is 6.36. The molecule has 0 aromatic heterocycles. The van der Waals surface area contributed by atoms with Crippen molar-refractivity contribution in [2.24, 2.45) is 23.7 Å². The van der Waals surface area contributed by atoms with E-state index in [1.807, 2.05) is 0 Å². The molecule has 0 aliphatic heterocycles. The second kappa shape index (κ2) is 9.49. The number of nitrogens with one attached hydrogen (secondary N) is 1. The van der Waals surface area contributed by atoms with Gasteiger partial charge in [-0.2, -0.15) is 0 Å². The van der Waals surface area contributed by atoms with E-state index >= 15 is 0 Å². The van der Waals surface area contributed by atoms with Crippen molar-refractivity contribution in [3.63, 3.8) is 0 Å². The number of halogens is 2. The number of esters is 1. The molecule has 150 valence electrons. The maximum absolute atomic E-state index is 11.8. The van der Waals surface area contributed by atoms with Crippen LogP contribution in [0, 0.1) is 23.7 Å². The quantitative estimate of drug-likeness (QED) is 0.503. The molecule has 5 rings (SSSR count). The summed E-state index contributed by atoms with van der Waals surface area (Å²) < 4.78 is 10.7. The van der Waals surface area contributed by atoms with E-state index in [0.717, 1.165) is 36.6 Å². The number of rotatable bonds is 8. The van der Waals surface area contributed by atoms with Gasteiger partial charge in [-0.3, -0.25) is 0 Å². The van der Waals surface area contributed by atoms with Gasteiger partial charge >= 0.3 is 5.97 Å². The first-order chi connectivity index (χ1) is 12.7. The van der Waals surface area contributed by atoms with Gasteiger partial charge in [-0.1, -0.05) is 11.6 Å². The first-order valence-corrected chi connectivity index (χ1v) is 10.3. The summed E-state index contributed by atoms with van der Waals surface area (Å²) in [5, 5.41) is 4.41. The summed E-state index contributed by atoms with van der Waals surface area (Å²) in [6.07, 6.45) is 8.08. The second-order valence-corrected chi connectivity index (χ2v) is 8.66. The molecule has 0 radical (unpaired) electrons. The fourth-order valence-corrected chi connectivity index (χ4v) is 5.63. The third kappa shape index (κ3) is 5.30. The highest BCUT2D eigenvalue weighted by Crippen LogP contribution is 2.53. The average Bonchev–Trinajstić information content (AvgIpc) is 2.62.